The highest BCUT2D eigenvalue weighted by Crippen LogP contribution is 2.15. The fraction of sp³-hybridized carbons (Fsp3) is 0.750. The number of rotatable bonds is 4. The van der Waals surface area contributed by atoms with Crippen LogP contribution in [0.5, 0.6) is 0 Å². The Bertz CT molecular complexity index is 95.4. The highest BCUT2D eigenvalue weighted by atomic mass is 16.5. The molecular formula is C8H14O2. The Morgan fingerprint density at radius 3 is 3.20 bits per heavy atom. The zero-order chi connectivity index (χ0) is 7.23. The lowest BCUT2D eigenvalue weighted by atomic mass is 10.1. The predicted octanol–water partition coefficient (Wildman–Crippen LogP) is 1.57. The highest BCUT2D eigenvalue weighted by molar-refractivity contribution is 4.64. The summed E-state index contributed by atoms with van der Waals surface area (Å²) in [6, 6.07) is 0. The third-order valence-corrected chi connectivity index (χ3v) is 1.79. The first-order chi connectivity index (χ1) is 4.93. The first kappa shape index (κ1) is 7.61. The minimum Gasteiger partial charge on any atom is -0.502 e. The summed E-state index contributed by atoms with van der Waals surface area (Å²) < 4.78 is 10.2. The van der Waals surface area contributed by atoms with Crippen LogP contribution in [0.15, 0.2) is 12.8 Å². The maximum absolute atomic E-state index is 5.21. The molecule has 0 aliphatic carbocycles. The summed E-state index contributed by atoms with van der Waals surface area (Å²) in [4.78, 5) is 0. The third kappa shape index (κ3) is 2.40. The van der Waals surface area contributed by atoms with E-state index in [2.05, 4.69) is 6.58 Å². The van der Waals surface area contributed by atoms with Crippen LogP contribution in [-0.2, 0) is 9.47 Å². The maximum Gasteiger partial charge on any atom is 0.0876 e. The highest BCUT2D eigenvalue weighted by Gasteiger charge is 2.14. The fourth-order valence-corrected chi connectivity index (χ4v) is 1.13. The van der Waals surface area contributed by atoms with Crippen LogP contribution in [0.4, 0.5) is 0 Å². The molecule has 1 rings (SSSR count). The summed E-state index contributed by atoms with van der Waals surface area (Å²) in [7, 11) is 0. The van der Waals surface area contributed by atoms with E-state index in [0.29, 0.717) is 0 Å². The van der Waals surface area contributed by atoms with Gasteiger partial charge in [-0.3, -0.25) is 0 Å². The zero-order valence-electron chi connectivity index (χ0n) is 6.21. The average molecular weight is 142 g/mol. The SMILES string of the molecule is C=COCCC1CCOC1. The minimum absolute atomic E-state index is 0.722. The van der Waals surface area contributed by atoms with E-state index < -0.39 is 0 Å². The molecule has 1 heterocycles. The van der Waals surface area contributed by atoms with Gasteiger partial charge in [0.1, 0.15) is 0 Å². The van der Waals surface area contributed by atoms with Gasteiger partial charge in [0.25, 0.3) is 0 Å². The second-order valence-electron chi connectivity index (χ2n) is 2.56. The molecule has 1 unspecified atom stereocenters. The Balaban J connectivity index is 1.96. The van der Waals surface area contributed by atoms with Gasteiger partial charge in [-0.1, -0.05) is 6.58 Å². The van der Waals surface area contributed by atoms with Crippen molar-refractivity contribution >= 4 is 0 Å². The lowest BCUT2D eigenvalue weighted by molar-refractivity contribution is 0.171. The van der Waals surface area contributed by atoms with Gasteiger partial charge in [-0.2, -0.15) is 0 Å². The van der Waals surface area contributed by atoms with E-state index in [9.17, 15) is 0 Å². The Labute approximate surface area is 61.8 Å². The fourth-order valence-electron chi connectivity index (χ4n) is 1.13. The van der Waals surface area contributed by atoms with E-state index in [1.807, 2.05) is 0 Å². The van der Waals surface area contributed by atoms with Crippen LogP contribution in [0.25, 0.3) is 0 Å². The van der Waals surface area contributed by atoms with Gasteiger partial charge in [-0.25, -0.2) is 0 Å². The Hall–Kier alpha value is -0.500. The molecule has 1 fully saturated rings. The van der Waals surface area contributed by atoms with Gasteiger partial charge in [0.05, 0.1) is 12.9 Å². The van der Waals surface area contributed by atoms with E-state index >= 15 is 0 Å². The largest absolute Gasteiger partial charge is 0.502 e. The first-order valence-corrected chi connectivity index (χ1v) is 3.73. The molecule has 0 amide bonds. The summed E-state index contributed by atoms with van der Waals surface area (Å²) in [5, 5.41) is 0. The van der Waals surface area contributed by atoms with Crippen molar-refractivity contribution < 1.29 is 9.47 Å². The third-order valence-electron chi connectivity index (χ3n) is 1.79. The molecule has 1 aliphatic rings. The van der Waals surface area contributed by atoms with Gasteiger partial charge in [0.15, 0.2) is 0 Å². The van der Waals surface area contributed by atoms with E-state index in [0.717, 1.165) is 32.2 Å². The quantitative estimate of drug-likeness (QED) is 0.438. The van der Waals surface area contributed by atoms with E-state index in [-0.39, 0.29) is 0 Å². The van der Waals surface area contributed by atoms with Crippen LogP contribution in [0.1, 0.15) is 12.8 Å². The van der Waals surface area contributed by atoms with Crippen LogP contribution >= 0.6 is 0 Å². The molecule has 0 aromatic carbocycles. The number of hydrogen-bond donors (Lipinski definition) is 0. The molecule has 0 saturated carbocycles. The van der Waals surface area contributed by atoms with Crippen LogP contribution in [0.3, 0.4) is 0 Å². The molecular weight excluding hydrogens is 128 g/mol. The van der Waals surface area contributed by atoms with Gasteiger partial charge >= 0.3 is 0 Å². The normalized spacial score (nSPS) is 24.6. The summed E-state index contributed by atoms with van der Waals surface area (Å²) in [6.07, 6.45) is 3.79. The molecule has 0 N–H and O–H groups in total. The molecule has 0 spiro atoms. The number of ether oxygens (including phenoxy) is 2. The maximum atomic E-state index is 5.21. The van der Waals surface area contributed by atoms with E-state index in [1.54, 1.807) is 0 Å². The van der Waals surface area contributed by atoms with Gasteiger partial charge in [-0.15, -0.1) is 0 Å². The zero-order valence-corrected chi connectivity index (χ0v) is 6.21. The lowest BCUT2D eigenvalue weighted by Crippen LogP contribution is -2.02. The van der Waals surface area contributed by atoms with E-state index in [1.165, 1.54) is 12.7 Å². The van der Waals surface area contributed by atoms with Crippen LogP contribution in [0.2, 0.25) is 0 Å². The molecule has 2 heteroatoms. The second-order valence-corrected chi connectivity index (χ2v) is 2.56. The topological polar surface area (TPSA) is 18.5 Å². The van der Waals surface area contributed by atoms with Crippen molar-refractivity contribution in [2.75, 3.05) is 19.8 Å². The van der Waals surface area contributed by atoms with Gasteiger partial charge in [0, 0.05) is 13.2 Å². The molecule has 1 saturated heterocycles. The molecule has 0 bridgehead atoms. The molecule has 0 aromatic rings. The van der Waals surface area contributed by atoms with Crippen molar-refractivity contribution in [3.8, 4) is 0 Å². The number of hydrogen-bond acceptors (Lipinski definition) is 2. The van der Waals surface area contributed by atoms with Crippen LogP contribution < -0.4 is 0 Å². The van der Waals surface area contributed by atoms with Crippen LogP contribution in [0, 0.1) is 5.92 Å². The van der Waals surface area contributed by atoms with Crippen molar-refractivity contribution in [2.24, 2.45) is 5.92 Å². The van der Waals surface area contributed by atoms with Crippen molar-refractivity contribution in [2.45, 2.75) is 12.8 Å². The molecule has 2 nitrogen and oxygen atoms in total. The average Bonchev–Trinajstić information content (AvgIpc) is 2.41. The smallest absolute Gasteiger partial charge is 0.0876 e. The monoisotopic (exact) mass is 142 g/mol. The Kier molecular flexibility index (Phi) is 3.30. The van der Waals surface area contributed by atoms with Gasteiger partial charge in [-0.05, 0) is 18.8 Å². The van der Waals surface area contributed by atoms with E-state index in [4.69, 9.17) is 9.47 Å². The first-order valence-electron chi connectivity index (χ1n) is 3.73. The summed E-state index contributed by atoms with van der Waals surface area (Å²) in [5.41, 5.74) is 0. The van der Waals surface area contributed by atoms with Gasteiger partial charge < -0.3 is 9.47 Å². The second kappa shape index (κ2) is 4.34. The summed E-state index contributed by atoms with van der Waals surface area (Å²) >= 11 is 0. The molecule has 10 heavy (non-hydrogen) atoms. The molecule has 1 atom stereocenters. The molecule has 0 aromatic heterocycles. The Morgan fingerprint density at radius 1 is 1.70 bits per heavy atom. The lowest BCUT2D eigenvalue weighted by Gasteiger charge is -2.05. The van der Waals surface area contributed by atoms with Crippen LogP contribution in [-0.4, -0.2) is 19.8 Å². The van der Waals surface area contributed by atoms with Crippen molar-refractivity contribution in [3.63, 3.8) is 0 Å². The summed E-state index contributed by atoms with van der Waals surface area (Å²) in [5.74, 6) is 0.722. The van der Waals surface area contributed by atoms with Gasteiger partial charge in [0.2, 0.25) is 0 Å². The minimum atomic E-state index is 0.722. The molecule has 1 aliphatic heterocycles. The van der Waals surface area contributed by atoms with Crippen molar-refractivity contribution in [1.29, 1.82) is 0 Å². The summed E-state index contributed by atoms with van der Waals surface area (Å²) in [6.45, 7) is 6.11. The van der Waals surface area contributed by atoms with Crippen molar-refractivity contribution in [3.05, 3.63) is 12.8 Å². The standard InChI is InChI=1S/C8H14O2/c1-2-9-5-3-8-4-6-10-7-8/h2,8H,1,3-7H2. The predicted molar refractivity (Wildman–Crippen MR) is 39.7 cm³/mol. The molecule has 58 valence electrons. The Morgan fingerprint density at radius 2 is 2.60 bits per heavy atom. The molecule has 0 radical (unpaired) electrons. The van der Waals surface area contributed by atoms with Crippen molar-refractivity contribution in [1.82, 2.24) is 0 Å².